The second kappa shape index (κ2) is 6.55. The van der Waals surface area contributed by atoms with E-state index >= 15 is 0 Å². The zero-order valence-electron chi connectivity index (χ0n) is 20.6. The average Bonchev–Trinajstić information content (AvgIpc) is 3.52. The van der Waals surface area contributed by atoms with Crippen molar-refractivity contribution >= 4 is 43.6 Å². The molecule has 6 nitrogen and oxygen atoms in total. The first-order chi connectivity index (χ1) is 19.4. The van der Waals surface area contributed by atoms with Crippen molar-refractivity contribution in [1.82, 2.24) is 29.1 Å². The Morgan fingerprint density at radius 3 is 1.41 bits per heavy atom. The average molecular weight is 499 g/mol. The van der Waals surface area contributed by atoms with Crippen molar-refractivity contribution < 1.29 is 0 Å². The summed E-state index contributed by atoms with van der Waals surface area (Å²) >= 11 is 0. The van der Waals surface area contributed by atoms with Crippen LogP contribution in [0.25, 0.3) is 55.0 Å². The highest BCUT2D eigenvalue weighted by Gasteiger charge is 2.50. The molecule has 0 unspecified atom stereocenters. The Kier molecular flexibility index (Phi) is 3.31. The lowest BCUT2D eigenvalue weighted by atomic mass is 9.62. The maximum Gasteiger partial charge on any atom is 0.0813 e. The lowest BCUT2D eigenvalue weighted by Gasteiger charge is -2.44. The molecule has 0 saturated carbocycles. The van der Waals surface area contributed by atoms with Gasteiger partial charge in [-0.25, -0.2) is 0 Å². The largest absolute Gasteiger partial charge is 0.308 e. The molecule has 0 saturated heterocycles. The first kappa shape index (κ1) is 19.7. The molecule has 8 aromatic rings. The zero-order chi connectivity index (χ0) is 25.3. The summed E-state index contributed by atoms with van der Waals surface area (Å²) in [5.41, 5.74) is 11.1. The maximum absolute atomic E-state index is 4.86. The molecule has 0 fully saturated rings. The molecule has 0 N–H and O–H groups in total. The normalized spacial score (nSPS) is 14.4. The molecule has 2 aliphatic heterocycles. The van der Waals surface area contributed by atoms with Crippen LogP contribution in [-0.2, 0) is 5.41 Å². The van der Waals surface area contributed by atoms with E-state index in [0.29, 0.717) is 0 Å². The fraction of sp³-hybridized carbons (Fsp3) is 0.0303. The first-order valence-corrected chi connectivity index (χ1v) is 13.0. The number of nitrogens with zero attached hydrogens (tertiary/aromatic N) is 6. The molecule has 39 heavy (non-hydrogen) atoms. The number of para-hydroxylation sites is 2. The topological polar surface area (TPSA) is 61.4 Å². The number of aromatic nitrogens is 6. The first-order valence-electron chi connectivity index (χ1n) is 13.0. The number of hydrogen-bond donors (Lipinski definition) is 0. The fourth-order valence-electron chi connectivity index (χ4n) is 7.49. The Morgan fingerprint density at radius 1 is 0.436 bits per heavy atom. The van der Waals surface area contributed by atoms with Gasteiger partial charge in [-0.15, -0.1) is 0 Å². The van der Waals surface area contributed by atoms with Gasteiger partial charge in [-0.1, -0.05) is 36.4 Å². The molecule has 6 heteroatoms. The van der Waals surface area contributed by atoms with Crippen molar-refractivity contribution in [2.75, 3.05) is 0 Å². The molecule has 0 atom stereocenters. The minimum absolute atomic E-state index is 0.609. The smallest absolute Gasteiger partial charge is 0.0813 e. The van der Waals surface area contributed by atoms with Crippen molar-refractivity contribution in [3.63, 3.8) is 0 Å². The van der Waals surface area contributed by atoms with E-state index in [1.165, 1.54) is 33.5 Å². The molecule has 2 aromatic carbocycles. The van der Waals surface area contributed by atoms with Gasteiger partial charge in [0, 0.05) is 82.2 Å². The third kappa shape index (κ3) is 2.04. The molecular weight excluding hydrogens is 480 g/mol. The summed E-state index contributed by atoms with van der Waals surface area (Å²) in [6.07, 6.45) is 15.8. The lowest BCUT2D eigenvalue weighted by molar-refractivity contribution is 0.705. The molecule has 0 bridgehead atoms. The van der Waals surface area contributed by atoms with Crippen LogP contribution >= 0.6 is 0 Å². The van der Waals surface area contributed by atoms with E-state index in [0.717, 1.165) is 43.7 Å². The maximum atomic E-state index is 4.86. The van der Waals surface area contributed by atoms with Crippen molar-refractivity contribution in [3.05, 3.63) is 132 Å². The van der Waals surface area contributed by atoms with Gasteiger partial charge in [0.05, 0.1) is 38.9 Å². The Balaban J connectivity index is 1.54. The van der Waals surface area contributed by atoms with Crippen LogP contribution in [0.3, 0.4) is 0 Å². The molecular formula is C33H18N6. The molecule has 0 amide bonds. The van der Waals surface area contributed by atoms with Crippen molar-refractivity contribution in [2.45, 2.75) is 5.41 Å². The number of pyridine rings is 4. The van der Waals surface area contributed by atoms with Gasteiger partial charge < -0.3 is 9.13 Å². The highest BCUT2D eigenvalue weighted by molar-refractivity contribution is 6.14. The van der Waals surface area contributed by atoms with Crippen LogP contribution in [0.15, 0.2) is 110 Å². The molecule has 0 aliphatic carbocycles. The minimum Gasteiger partial charge on any atom is -0.308 e. The number of benzene rings is 2. The van der Waals surface area contributed by atoms with Gasteiger partial charge in [0.2, 0.25) is 0 Å². The molecule has 8 heterocycles. The fourth-order valence-corrected chi connectivity index (χ4v) is 7.49. The Hall–Kier alpha value is -5.36. The van der Waals surface area contributed by atoms with Crippen molar-refractivity contribution in [2.24, 2.45) is 0 Å². The third-order valence-electron chi connectivity index (χ3n) is 8.85. The Bertz CT molecular complexity index is 2190. The SMILES string of the molecule is c1ccc2c(c1)-n1c3ccncc3c3cncc(c31)C21c2ccccc2-n2c3ccncc3c3cncc1c32. The minimum atomic E-state index is -0.609. The summed E-state index contributed by atoms with van der Waals surface area (Å²) in [5.74, 6) is 0. The van der Waals surface area contributed by atoms with Crippen molar-refractivity contribution in [1.29, 1.82) is 0 Å². The van der Waals surface area contributed by atoms with E-state index in [9.17, 15) is 0 Å². The van der Waals surface area contributed by atoms with Gasteiger partial charge in [-0.3, -0.25) is 19.9 Å². The second-order valence-electron chi connectivity index (χ2n) is 10.4. The van der Waals surface area contributed by atoms with Crippen LogP contribution in [0.2, 0.25) is 0 Å². The predicted octanol–water partition coefficient (Wildman–Crippen LogP) is 6.47. The summed E-state index contributed by atoms with van der Waals surface area (Å²) in [4.78, 5) is 18.7. The van der Waals surface area contributed by atoms with E-state index in [-0.39, 0.29) is 0 Å². The van der Waals surface area contributed by atoms with E-state index in [2.05, 4.69) is 92.2 Å². The zero-order valence-corrected chi connectivity index (χ0v) is 20.6. The number of fused-ring (bicyclic) bond motifs is 14. The molecule has 1 spiro atoms. The van der Waals surface area contributed by atoms with E-state index in [1.807, 2.05) is 37.2 Å². The van der Waals surface area contributed by atoms with Crippen molar-refractivity contribution in [3.8, 4) is 11.4 Å². The van der Waals surface area contributed by atoms with Crippen LogP contribution in [0.5, 0.6) is 0 Å². The highest BCUT2D eigenvalue weighted by Crippen LogP contribution is 2.58. The third-order valence-corrected chi connectivity index (χ3v) is 8.85. The molecule has 6 aromatic heterocycles. The van der Waals surface area contributed by atoms with E-state index in [4.69, 9.17) is 9.97 Å². The molecule has 0 radical (unpaired) electrons. The molecule has 180 valence electrons. The van der Waals surface area contributed by atoms with Crippen LogP contribution in [-0.4, -0.2) is 29.1 Å². The van der Waals surface area contributed by atoms with Crippen LogP contribution < -0.4 is 0 Å². The summed E-state index contributed by atoms with van der Waals surface area (Å²) in [6.45, 7) is 0. The Morgan fingerprint density at radius 2 is 0.897 bits per heavy atom. The van der Waals surface area contributed by atoms with Crippen LogP contribution in [0.4, 0.5) is 0 Å². The summed E-state index contributed by atoms with van der Waals surface area (Å²) in [5, 5.41) is 4.43. The van der Waals surface area contributed by atoms with Gasteiger partial charge in [-0.05, 0) is 35.4 Å². The lowest BCUT2D eigenvalue weighted by Crippen LogP contribution is -2.39. The molecule has 10 rings (SSSR count). The molecule has 2 aliphatic rings. The van der Waals surface area contributed by atoms with Crippen LogP contribution in [0.1, 0.15) is 22.3 Å². The van der Waals surface area contributed by atoms with Crippen LogP contribution in [0, 0.1) is 0 Å². The second-order valence-corrected chi connectivity index (χ2v) is 10.4. The monoisotopic (exact) mass is 498 g/mol. The standard InChI is InChI=1S/C33H18N6/c1-3-7-29-23(5-1)33(25-17-36-15-21-19-13-34-11-9-27(19)38(29)31(21)25)24-6-2-4-8-30(24)39-28-10-12-35-14-20(28)22-16-37-18-26(33)32(22)39/h1-18H. The predicted molar refractivity (Wildman–Crippen MR) is 152 cm³/mol. The van der Waals surface area contributed by atoms with Gasteiger partial charge in [-0.2, -0.15) is 0 Å². The van der Waals surface area contributed by atoms with E-state index in [1.54, 1.807) is 0 Å². The quantitative estimate of drug-likeness (QED) is 0.240. The van der Waals surface area contributed by atoms with Gasteiger partial charge in [0.1, 0.15) is 0 Å². The highest BCUT2D eigenvalue weighted by atomic mass is 15.0. The van der Waals surface area contributed by atoms with Gasteiger partial charge >= 0.3 is 0 Å². The van der Waals surface area contributed by atoms with Gasteiger partial charge in [0.15, 0.2) is 0 Å². The number of hydrogen-bond acceptors (Lipinski definition) is 4. The Labute approximate surface area is 221 Å². The summed E-state index contributed by atoms with van der Waals surface area (Å²) in [7, 11) is 0. The van der Waals surface area contributed by atoms with E-state index < -0.39 is 5.41 Å². The summed E-state index contributed by atoms with van der Waals surface area (Å²) < 4.78 is 4.79. The summed E-state index contributed by atoms with van der Waals surface area (Å²) in [6, 6.07) is 21.8. The van der Waals surface area contributed by atoms with Gasteiger partial charge in [0.25, 0.3) is 0 Å². The number of rotatable bonds is 0.